The molecule has 1 saturated carbocycles. The maximum Gasteiger partial charge on any atom is 0.416 e. The molecule has 1 aromatic carbocycles. The predicted molar refractivity (Wildman–Crippen MR) is 117 cm³/mol. The molecule has 2 saturated heterocycles. The quantitative estimate of drug-likeness (QED) is 0.426. The number of piperidine rings is 1. The van der Waals surface area contributed by atoms with Gasteiger partial charge in [0.15, 0.2) is 5.84 Å². The Morgan fingerprint density at radius 1 is 1.18 bits per heavy atom. The van der Waals surface area contributed by atoms with E-state index in [2.05, 4.69) is 15.4 Å². The molecule has 0 radical (unpaired) electrons. The van der Waals surface area contributed by atoms with Gasteiger partial charge in [-0.2, -0.15) is 28.5 Å². The highest BCUT2D eigenvalue weighted by molar-refractivity contribution is 5.99. The fraction of sp³-hybridized carbons (Fsp3) is 0.542. The van der Waals surface area contributed by atoms with E-state index in [1.807, 2.05) is 22.0 Å². The summed E-state index contributed by atoms with van der Waals surface area (Å²) in [5.41, 5.74) is 0.469. The van der Waals surface area contributed by atoms with Gasteiger partial charge in [0.1, 0.15) is 0 Å². The van der Waals surface area contributed by atoms with E-state index in [0.717, 1.165) is 37.1 Å². The molecule has 3 aliphatic rings. The van der Waals surface area contributed by atoms with Crippen LogP contribution in [0.15, 0.2) is 41.7 Å². The van der Waals surface area contributed by atoms with E-state index in [1.165, 1.54) is 18.9 Å². The smallest absolute Gasteiger partial charge is 0.355 e. The highest BCUT2D eigenvalue weighted by Gasteiger charge is 2.40. The summed E-state index contributed by atoms with van der Waals surface area (Å²) in [6.07, 6.45) is 5.30. The number of halogens is 3. The van der Waals surface area contributed by atoms with E-state index in [4.69, 9.17) is 0 Å². The van der Waals surface area contributed by atoms with Crippen LogP contribution in [0.25, 0.3) is 0 Å². The number of aliphatic imine (C=N–C) groups is 1. The molecule has 2 aromatic rings. The lowest BCUT2D eigenvalue weighted by Crippen LogP contribution is -2.39. The zero-order chi connectivity index (χ0) is 23.0. The van der Waals surface area contributed by atoms with E-state index >= 15 is 0 Å². The third-order valence-electron chi connectivity index (χ3n) is 7.27. The second-order valence-corrected chi connectivity index (χ2v) is 9.32. The number of alkyl halides is 3. The fourth-order valence-electron chi connectivity index (χ4n) is 5.52. The zero-order valence-electron chi connectivity index (χ0n) is 18.3. The molecule has 0 amide bonds. The van der Waals surface area contributed by atoms with Gasteiger partial charge in [0, 0.05) is 31.7 Å². The van der Waals surface area contributed by atoms with Crippen molar-refractivity contribution in [2.24, 2.45) is 16.8 Å². The van der Waals surface area contributed by atoms with Gasteiger partial charge in [-0.3, -0.25) is 4.68 Å². The molecule has 3 atom stereocenters. The molecule has 3 fully saturated rings. The Hall–Kier alpha value is -2.86. The Morgan fingerprint density at radius 2 is 2.00 bits per heavy atom. The number of aromatic nitrogens is 2. The van der Waals surface area contributed by atoms with Crippen molar-refractivity contribution in [1.82, 2.24) is 20.0 Å². The SMILES string of the molecule is N#C/N=C(/c1cnn(C2CCNCC2C2CC2)c1)N1CCC(c2ccccc2C(F)(F)F)C1. The summed E-state index contributed by atoms with van der Waals surface area (Å²) in [7, 11) is 0. The number of likely N-dealkylation sites (tertiary alicyclic amines) is 1. The molecule has 1 aromatic heterocycles. The van der Waals surface area contributed by atoms with Crippen molar-refractivity contribution in [3.63, 3.8) is 0 Å². The van der Waals surface area contributed by atoms with Crippen LogP contribution < -0.4 is 5.32 Å². The molecule has 2 aliphatic heterocycles. The average molecular weight is 457 g/mol. The van der Waals surface area contributed by atoms with Gasteiger partial charge in [-0.25, -0.2) is 0 Å². The van der Waals surface area contributed by atoms with Crippen LogP contribution in [0.4, 0.5) is 13.2 Å². The number of amidine groups is 1. The van der Waals surface area contributed by atoms with E-state index < -0.39 is 11.7 Å². The fourth-order valence-corrected chi connectivity index (χ4v) is 5.52. The molecule has 3 unspecified atom stereocenters. The minimum atomic E-state index is -4.39. The molecule has 5 rings (SSSR count). The second-order valence-electron chi connectivity index (χ2n) is 9.32. The van der Waals surface area contributed by atoms with Crippen molar-refractivity contribution in [2.75, 3.05) is 26.2 Å². The monoisotopic (exact) mass is 456 g/mol. The molecule has 33 heavy (non-hydrogen) atoms. The van der Waals surface area contributed by atoms with E-state index in [-0.39, 0.29) is 5.92 Å². The molecule has 6 nitrogen and oxygen atoms in total. The Labute approximate surface area is 191 Å². The average Bonchev–Trinajstić information content (AvgIpc) is 3.34. The molecular weight excluding hydrogens is 429 g/mol. The Balaban J connectivity index is 1.36. The van der Waals surface area contributed by atoms with Crippen molar-refractivity contribution in [2.45, 2.75) is 43.8 Å². The maximum atomic E-state index is 13.5. The van der Waals surface area contributed by atoms with Crippen molar-refractivity contribution >= 4 is 5.84 Å². The molecule has 174 valence electrons. The first-order chi connectivity index (χ1) is 16.0. The van der Waals surface area contributed by atoms with Crippen molar-refractivity contribution in [3.8, 4) is 6.19 Å². The normalized spacial score (nSPS) is 26.4. The number of hydrogen-bond donors (Lipinski definition) is 1. The summed E-state index contributed by atoms with van der Waals surface area (Å²) < 4.78 is 42.6. The Morgan fingerprint density at radius 3 is 2.76 bits per heavy atom. The Kier molecular flexibility index (Phi) is 5.87. The number of benzene rings is 1. The summed E-state index contributed by atoms with van der Waals surface area (Å²) in [5, 5.41) is 17.4. The van der Waals surface area contributed by atoms with Crippen LogP contribution in [-0.4, -0.2) is 46.7 Å². The van der Waals surface area contributed by atoms with Gasteiger partial charge >= 0.3 is 6.18 Å². The first kappa shape index (κ1) is 22.0. The molecule has 3 heterocycles. The first-order valence-electron chi connectivity index (χ1n) is 11.6. The van der Waals surface area contributed by atoms with Gasteiger partial charge in [-0.05, 0) is 55.7 Å². The predicted octanol–water partition coefficient (Wildman–Crippen LogP) is 4.18. The molecule has 1 N–H and O–H groups in total. The van der Waals surface area contributed by atoms with E-state index in [9.17, 15) is 18.4 Å². The van der Waals surface area contributed by atoms with Crippen LogP contribution in [0.2, 0.25) is 0 Å². The Bertz CT molecular complexity index is 1060. The van der Waals surface area contributed by atoms with E-state index in [0.29, 0.717) is 42.9 Å². The third kappa shape index (κ3) is 4.49. The van der Waals surface area contributed by atoms with Crippen LogP contribution in [0.3, 0.4) is 0 Å². The number of nitrogens with zero attached hydrogens (tertiary/aromatic N) is 5. The summed E-state index contributed by atoms with van der Waals surface area (Å²) in [5.74, 6) is 1.52. The van der Waals surface area contributed by atoms with Crippen LogP contribution >= 0.6 is 0 Å². The van der Waals surface area contributed by atoms with Gasteiger partial charge in [-0.1, -0.05) is 18.2 Å². The standard InChI is InChI=1S/C24H27F3N6/c25-24(26,27)21-4-2-1-3-19(21)17-8-10-32(13-17)23(30-15-28)18-11-31-33(14-18)22-7-9-29-12-20(22)16-5-6-16/h1-4,11,14,16-17,20,22,29H,5-10,12-13H2/b30-23-. The highest BCUT2D eigenvalue weighted by Crippen LogP contribution is 2.44. The number of hydrogen-bond acceptors (Lipinski definition) is 4. The van der Waals surface area contributed by atoms with Gasteiger partial charge in [0.25, 0.3) is 0 Å². The third-order valence-corrected chi connectivity index (χ3v) is 7.27. The lowest BCUT2D eigenvalue weighted by molar-refractivity contribution is -0.138. The minimum Gasteiger partial charge on any atom is -0.355 e. The van der Waals surface area contributed by atoms with Gasteiger partial charge < -0.3 is 10.2 Å². The molecule has 1 aliphatic carbocycles. The van der Waals surface area contributed by atoms with Crippen molar-refractivity contribution in [3.05, 3.63) is 53.3 Å². The molecule has 9 heteroatoms. The molecule has 0 spiro atoms. The molecule has 0 bridgehead atoms. The van der Waals surface area contributed by atoms with Crippen LogP contribution in [0.1, 0.15) is 54.3 Å². The van der Waals surface area contributed by atoms with Gasteiger partial charge in [-0.15, -0.1) is 0 Å². The first-order valence-corrected chi connectivity index (χ1v) is 11.6. The van der Waals surface area contributed by atoms with Crippen molar-refractivity contribution in [1.29, 1.82) is 5.26 Å². The zero-order valence-corrected chi connectivity index (χ0v) is 18.3. The second kappa shape index (κ2) is 8.82. The number of nitriles is 1. The van der Waals surface area contributed by atoms with Crippen LogP contribution in [0.5, 0.6) is 0 Å². The number of nitrogens with one attached hydrogen (secondary N) is 1. The van der Waals surface area contributed by atoms with Crippen molar-refractivity contribution < 1.29 is 13.2 Å². The lowest BCUT2D eigenvalue weighted by atomic mass is 9.89. The topological polar surface area (TPSA) is 69.2 Å². The molecular formula is C24H27F3N6. The summed E-state index contributed by atoms with van der Waals surface area (Å²) in [4.78, 5) is 5.98. The summed E-state index contributed by atoms with van der Waals surface area (Å²) in [6.45, 7) is 2.88. The highest BCUT2D eigenvalue weighted by atomic mass is 19.4. The van der Waals surface area contributed by atoms with E-state index in [1.54, 1.807) is 18.3 Å². The summed E-state index contributed by atoms with van der Waals surface area (Å²) in [6, 6.07) is 6.09. The maximum absolute atomic E-state index is 13.5. The van der Waals surface area contributed by atoms with Crippen LogP contribution in [-0.2, 0) is 6.18 Å². The van der Waals surface area contributed by atoms with Gasteiger partial charge in [0.05, 0.1) is 23.4 Å². The number of rotatable bonds is 4. The largest absolute Gasteiger partial charge is 0.416 e. The summed E-state index contributed by atoms with van der Waals surface area (Å²) >= 11 is 0. The van der Waals surface area contributed by atoms with Crippen LogP contribution in [0, 0.1) is 23.3 Å². The minimum absolute atomic E-state index is 0.273. The lowest BCUT2D eigenvalue weighted by Gasteiger charge is -2.32. The van der Waals surface area contributed by atoms with Gasteiger partial charge in [0.2, 0.25) is 6.19 Å².